The monoisotopic (exact) mass is 403 g/mol. The first-order chi connectivity index (χ1) is 14.4. The number of carbonyl (C=O) groups is 1. The summed E-state index contributed by atoms with van der Waals surface area (Å²) in [6.45, 7) is 3.76. The van der Waals surface area contributed by atoms with E-state index in [1.165, 1.54) is 29.6 Å². The SMILES string of the molecule is C=C(C(=O)Nc1ccc(-c2ccccc2)nn1)n1cnc2c1c(=O)n(C)c(=O)n2C. The summed E-state index contributed by atoms with van der Waals surface area (Å²) in [6, 6.07) is 12.9. The molecule has 0 fully saturated rings. The smallest absolute Gasteiger partial charge is 0.304 e. The van der Waals surface area contributed by atoms with Crippen molar-refractivity contribution in [3.63, 3.8) is 0 Å². The molecule has 0 bridgehead atoms. The first-order valence-corrected chi connectivity index (χ1v) is 8.91. The summed E-state index contributed by atoms with van der Waals surface area (Å²) >= 11 is 0. The summed E-state index contributed by atoms with van der Waals surface area (Å²) in [5.74, 6) is -0.363. The van der Waals surface area contributed by atoms with Gasteiger partial charge in [0.15, 0.2) is 17.0 Å². The van der Waals surface area contributed by atoms with Crippen molar-refractivity contribution in [2.75, 3.05) is 5.32 Å². The number of nitrogens with zero attached hydrogens (tertiary/aromatic N) is 6. The molecule has 1 amide bonds. The minimum Gasteiger partial charge on any atom is -0.304 e. The molecule has 0 saturated carbocycles. The fraction of sp³-hybridized carbons (Fsp3) is 0.100. The number of aromatic nitrogens is 6. The maximum absolute atomic E-state index is 12.7. The molecule has 10 heteroatoms. The Balaban J connectivity index is 1.61. The molecule has 0 radical (unpaired) electrons. The molecule has 0 atom stereocenters. The van der Waals surface area contributed by atoms with Crippen molar-refractivity contribution >= 4 is 28.6 Å². The van der Waals surface area contributed by atoms with E-state index >= 15 is 0 Å². The van der Waals surface area contributed by atoms with Gasteiger partial charge in [-0.1, -0.05) is 36.9 Å². The van der Waals surface area contributed by atoms with Gasteiger partial charge < -0.3 is 5.32 Å². The second-order valence-electron chi connectivity index (χ2n) is 6.56. The van der Waals surface area contributed by atoms with Crippen molar-refractivity contribution in [3.05, 3.63) is 76.2 Å². The molecule has 150 valence electrons. The highest BCUT2D eigenvalue weighted by Crippen LogP contribution is 2.17. The fourth-order valence-electron chi connectivity index (χ4n) is 3.01. The molecule has 0 aliphatic rings. The van der Waals surface area contributed by atoms with Crippen LogP contribution in [-0.4, -0.2) is 34.8 Å². The van der Waals surface area contributed by atoms with Gasteiger partial charge in [-0.2, -0.15) is 0 Å². The van der Waals surface area contributed by atoms with E-state index in [1.807, 2.05) is 30.3 Å². The van der Waals surface area contributed by atoms with Crippen LogP contribution in [0.5, 0.6) is 0 Å². The van der Waals surface area contributed by atoms with Crippen LogP contribution in [0, 0.1) is 0 Å². The first-order valence-electron chi connectivity index (χ1n) is 8.91. The fourth-order valence-corrected chi connectivity index (χ4v) is 3.01. The van der Waals surface area contributed by atoms with E-state index in [0.717, 1.165) is 10.1 Å². The number of benzene rings is 1. The molecule has 1 N–H and O–H groups in total. The largest absolute Gasteiger partial charge is 0.332 e. The molecular formula is C20H17N7O3. The maximum atomic E-state index is 12.7. The molecule has 3 aromatic heterocycles. The van der Waals surface area contributed by atoms with Crippen LogP contribution in [0.1, 0.15) is 0 Å². The number of amides is 1. The van der Waals surface area contributed by atoms with E-state index in [9.17, 15) is 14.4 Å². The minimum atomic E-state index is -0.591. The van der Waals surface area contributed by atoms with E-state index in [0.29, 0.717) is 5.69 Å². The van der Waals surface area contributed by atoms with E-state index in [4.69, 9.17) is 0 Å². The molecule has 10 nitrogen and oxygen atoms in total. The highest BCUT2D eigenvalue weighted by Gasteiger charge is 2.19. The molecule has 1 aromatic carbocycles. The van der Waals surface area contributed by atoms with Gasteiger partial charge in [0.2, 0.25) is 0 Å². The van der Waals surface area contributed by atoms with Crippen molar-refractivity contribution in [2.24, 2.45) is 14.1 Å². The Morgan fingerprint density at radius 2 is 1.73 bits per heavy atom. The molecular weight excluding hydrogens is 386 g/mol. The van der Waals surface area contributed by atoms with Crippen LogP contribution in [0.2, 0.25) is 0 Å². The lowest BCUT2D eigenvalue weighted by atomic mass is 10.1. The van der Waals surface area contributed by atoms with Crippen LogP contribution in [0.4, 0.5) is 5.82 Å². The van der Waals surface area contributed by atoms with Crippen LogP contribution < -0.4 is 16.6 Å². The number of hydrogen-bond donors (Lipinski definition) is 1. The summed E-state index contributed by atoms with van der Waals surface area (Å²) in [6.07, 6.45) is 1.28. The van der Waals surface area contributed by atoms with Gasteiger partial charge in [-0.3, -0.25) is 23.3 Å². The maximum Gasteiger partial charge on any atom is 0.332 e. The van der Waals surface area contributed by atoms with E-state index in [-0.39, 0.29) is 22.7 Å². The molecule has 0 unspecified atom stereocenters. The van der Waals surface area contributed by atoms with Gasteiger partial charge >= 0.3 is 5.69 Å². The van der Waals surface area contributed by atoms with Crippen molar-refractivity contribution in [2.45, 2.75) is 0 Å². The summed E-state index contributed by atoms with van der Waals surface area (Å²) in [5, 5.41) is 10.7. The van der Waals surface area contributed by atoms with Crippen LogP contribution in [0.3, 0.4) is 0 Å². The Morgan fingerprint density at radius 3 is 2.40 bits per heavy atom. The van der Waals surface area contributed by atoms with Crippen molar-refractivity contribution in [1.29, 1.82) is 0 Å². The van der Waals surface area contributed by atoms with Crippen LogP contribution >= 0.6 is 0 Å². The minimum absolute atomic E-state index is 0.0535. The number of aryl methyl sites for hydroxylation is 1. The zero-order valence-electron chi connectivity index (χ0n) is 16.2. The number of imidazole rings is 1. The number of fused-ring (bicyclic) bond motifs is 1. The number of nitrogens with one attached hydrogen (secondary N) is 1. The van der Waals surface area contributed by atoms with Gasteiger partial charge in [0.25, 0.3) is 11.5 Å². The topological polar surface area (TPSA) is 117 Å². The standard InChI is InChI=1S/C20H17N7O3/c1-12(27-11-21-17-16(27)19(29)26(3)20(30)25(17)2)18(28)22-15-10-9-14(23-24-15)13-7-5-4-6-8-13/h4-11H,1H2,2-3H3,(H,22,24,28). The zero-order valence-corrected chi connectivity index (χ0v) is 16.2. The predicted molar refractivity (Wildman–Crippen MR) is 112 cm³/mol. The number of rotatable bonds is 4. The lowest BCUT2D eigenvalue weighted by Gasteiger charge is -2.09. The summed E-state index contributed by atoms with van der Waals surface area (Å²) in [5.41, 5.74) is 0.653. The Morgan fingerprint density at radius 1 is 1.00 bits per heavy atom. The quantitative estimate of drug-likeness (QED) is 0.508. The first kappa shape index (κ1) is 19.0. The molecule has 0 saturated heterocycles. The third kappa shape index (κ3) is 3.09. The third-order valence-corrected chi connectivity index (χ3v) is 4.68. The Bertz CT molecular complexity index is 1400. The molecule has 4 aromatic rings. The van der Waals surface area contributed by atoms with Crippen molar-refractivity contribution in [1.82, 2.24) is 28.9 Å². The lowest BCUT2D eigenvalue weighted by Crippen LogP contribution is -2.37. The lowest BCUT2D eigenvalue weighted by molar-refractivity contribution is -0.111. The van der Waals surface area contributed by atoms with E-state index in [2.05, 4.69) is 27.1 Å². The second-order valence-corrected chi connectivity index (χ2v) is 6.56. The highest BCUT2D eigenvalue weighted by atomic mass is 16.2. The van der Waals surface area contributed by atoms with Gasteiger partial charge in [-0.05, 0) is 12.1 Å². The molecule has 0 aliphatic heterocycles. The third-order valence-electron chi connectivity index (χ3n) is 4.68. The number of carbonyl (C=O) groups excluding carboxylic acids is 1. The summed E-state index contributed by atoms with van der Waals surface area (Å²) in [4.78, 5) is 41.3. The molecule has 30 heavy (non-hydrogen) atoms. The van der Waals surface area contributed by atoms with Gasteiger partial charge in [-0.25, -0.2) is 9.78 Å². The molecule has 0 spiro atoms. The predicted octanol–water partition coefficient (Wildman–Crippen LogP) is 1.00. The van der Waals surface area contributed by atoms with Gasteiger partial charge in [0.05, 0.1) is 5.69 Å². The van der Waals surface area contributed by atoms with E-state index in [1.54, 1.807) is 12.1 Å². The van der Waals surface area contributed by atoms with Crippen LogP contribution in [-0.2, 0) is 18.9 Å². The van der Waals surface area contributed by atoms with Crippen LogP contribution in [0.15, 0.2) is 65.0 Å². The molecule has 3 heterocycles. The van der Waals surface area contributed by atoms with Gasteiger partial charge in [0.1, 0.15) is 12.0 Å². The normalized spacial score (nSPS) is 10.9. The Kier molecular flexibility index (Phi) is 4.59. The van der Waals surface area contributed by atoms with Crippen molar-refractivity contribution < 1.29 is 4.79 Å². The van der Waals surface area contributed by atoms with Gasteiger partial charge in [-0.15, -0.1) is 10.2 Å². The Hall–Kier alpha value is -4.34. The molecule has 0 aliphatic carbocycles. The molecule has 4 rings (SSSR count). The van der Waals surface area contributed by atoms with Crippen LogP contribution in [0.25, 0.3) is 28.1 Å². The summed E-state index contributed by atoms with van der Waals surface area (Å²) < 4.78 is 3.42. The van der Waals surface area contributed by atoms with E-state index < -0.39 is 17.2 Å². The highest BCUT2D eigenvalue weighted by molar-refractivity contribution is 6.20. The number of anilines is 1. The average molecular weight is 403 g/mol. The number of hydrogen-bond acceptors (Lipinski definition) is 6. The van der Waals surface area contributed by atoms with Gasteiger partial charge in [0, 0.05) is 19.7 Å². The van der Waals surface area contributed by atoms with Crippen molar-refractivity contribution in [3.8, 4) is 11.3 Å². The summed E-state index contributed by atoms with van der Waals surface area (Å²) in [7, 11) is 2.85. The Labute approximate surface area is 169 Å². The zero-order chi connectivity index (χ0) is 21.4. The second kappa shape index (κ2) is 7.24. The average Bonchev–Trinajstić information content (AvgIpc) is 3.22.